The molecular formula is C16H26O. The zero-order chi connectivity index (χ0) is 12.8. The Kier molecular flexibility index (Phi) is 5.70. The zero-order valence-electron chi connectivity index (χ0n) is 11.7. The summed E-state index contributed by atoms with van der Waals surface area (Å²) in [4.78, 5) is 0. The van der Waals surface area contributed by atoms with Crippen molar-refractivity contribution in [3.05, 3.63) is 34.9 Å². The highest BCUT2D eigenvalue weighted by Crippen LogP contribution is 2.17. The number of hydrogen-bond acceptors (Lipinski definition) is 1. The first-order valence-electron chi connectivity index (χ1n) is 6.76. The smallest absolute Gasteiger partial charge is 0.0583 e. The summed E-state index contributed by atoms with van der Waals surface area (Å²) >= 11 is 0. The molecule has 17 heavy (non-hydrogen) atoms. The highest BCUT2D eigenvalue weighted by atomic mass is 16.3. The van der Waals surface area contributed by atoms with Gasteiger partial charge in [-0.1, -0.05) is 56.0 Å². The van der Waals surface area contributed by atoms with Crippen LogP contribution in [-0.4, -0.2) is 11.2 Å². The lowest BCUT2D eigenvalue weighted by Gasteiger charge is -2.16. The minimum atomic E-state index is -0.197. The van der Waals surface area contributed by atoms with E-state index in [9.17, 15) is 5.11 Å². The van der Waals surface area contributed by atoms with Gasteiger partial charge < -0.3 is 5.11 Å². The van der Waals surface area contributed by atoms with Gasteiger partial charge in [0.05, 0.1) is 6.10 Å². The number of aryl methyl sites for hydroxylation is 2. The first-order valence-corrected chi connectivity index (χ1v) is 6.76. The SMILES string of the molecule is CCCC(C)CC(O)Cc1cc(C)cc(C)c1. The number of aliphatic hydroxyl groups is 1. The second-order valence-corrected chi connectivity index (χ2v) is 5.48. The fourth-order valence-electron chi connectivity index (χ4n) is 2.62. The minimum absolute atomic E-state index is 0.197. The predicted molar refractivity (Wildman–Crippen MR) is 74.3 cm³/mol. The van der Waals surface area contributed by atoms with E-state index >= 15 is 0 Å². The first-order chi connectivity index (χ1) is 8.01. The monoisotopic (exact) mass is 234 g/mol. The molecule has 0 fully saturated rings. The highest BCUT2D eigenvalue weighted by Gasteiger charge is 2.10. The van der Waals surface area contributed by atoms with Gasteiger partial charge in [-0.2, -0.15) is 0 Å². The third kappa shape index (κ3) is 5.36. The standard InChI is InChI=1S/C16H26O/c1-5-6-12(2)10-16(17)11-15-8-13(3)7-14(4)9-15/h7-9,12,16-17H,5-6,10-11H2,1-4H3. The van der Waals surface area contributed by atoms with Crippen molar-refractivity contribution in [3.63, 3.8) is 0 Å². The van der Waals surface area contributed by atoms with Gasteiger partial charge in [-0.05, 0) is 38.2 Å². The topological polar surface area (TPSA) is 20.2 Å². The molecule has 0 aliphatic rings. The molecule has 0 amide bonds. The van der Waals surface area contributed by atoms with Crippen LogP contribution >= 0.6 is 0 Å². The van der Waals surface area contributed by atoms with Gasteiger partial charge in [0.1, 0.15) is 0 Å². The van der Waals surface area contributed by atoms with Gasteiger partial charge >= 0.3 is 0 Å². The van der Waals surface area contributed by atoms with Gasteiger partial charge in [0, 0.05) is 0 Å². The van der Waals surface area contributed by atoms with Crippen LogP contribution in [0.15, 0.2) is 18.2 Å². The highest BCUT2D eigenvalue weighted by molar-refractivity contribution is 5.28. The fraction of sp³-hybridized carbons (Fsp3) is 0.625. The number of rotatable bonds is 6. The molecule has 1 heteroatoms. The van der Waals surface area contributed by atoms with E-state index in [4.69, 9.17) is 0 Å². The normalized spacial score (nSPS) is 14.6. The van der Waals surface area contributed by atoms with E-state index in [2.05, 4.69) is 45.9 Å². The lowest BCUT2D eigenvalue weighted by atomic mass is 9.94. The maximum atomic E-state index is 10.1. The fourth-order valence-corrected chi connectivity index (χ4v) is 2.62. The van der Waals surface area contributed by atoms with Crippen LogP contribution < -0.4 is 0 Å². The number of aliphatic hydroxyl groups excluding tert-OH is 1. The molecule has 0 aliphatic heterocycles. The maximum Gasteiger partial charge on any atom is 0.0583 e. The second kappa shape index (κ2) is 6.80. The summed E-state index contributed by atoms with van der Waals surface area (Å²) in [5.74, 6) is 0.626. The molecule has 1 nitrogen and oxygen atoms in total. The van der Waals surface area contributed by atoms with Crippen molar-refractivity contribution in [3.8, 4) is 0 Å². The molecule has 1 rings (SSSR count). The van der Waals surface area contributed by atoms with E-state index < -0.39 is 0 Å². The van der Waals surface area contributed by atoms with Crippen molar-refractivity contribution in [1.82, 2.24) is 0 Å². The Morgan fingerprint density at radius 3 is 2.24 bits per heavy atom. The summed E-state index contributed by atoms with van der Waals surface area (Å²) in [7, 11) is 0. The summed E-state index contributed by atoms with van der Waals surface area (Å²) in [6, 6.07) is 6.54. The van der Waals surface area contributed by atoms with Crippen molar-refractivity contribution >= 4 is 0 Å². The number of hydrogen-bond donors (Lipinski definition) is 1. The van der Waals surface area contributed by atoms with Gasteiger partial charge in [0.2, 0.25) is 0 Å². The quantitative estimate of drug-likeness (QED) is 0.788. The van der Waals surface area contributed by atoms with Gasteiger partial charge in [-0.15, -0.1) is 0 Å². The van der Waals surface area contributed by atoms with Crippen LogP contribution in [0.1, 0.15) is 49.8 Å². The molecule has 1 aromatic rings. The largest absolute Gasteiger partial charge is 0.393 e. The molecule has 0 radical (unpaired) electrons. The van der Waals surface area contributed by atoms with Crippen molar-refractivity contribution in [1.29, 1.82) is 0 Å². The van der Waals surface area contributed by atoms with Gasteiger partial charge in [0.25, 0.3) is 0 Å². The molecule has 0 aliphatic carbocycles. The molecule has 96 valence electrons. The Hall–Kier alpha value is -0.820. The molecule has 1 aromatic carbocycles. The summed E-state index contributed by atoms with van der Waals surface area (Å²) in [6.07, 6.45) is 3.93. The van der Waals surface area contributed by atoms with E-state index in [1.165, 1.54) is 29.5 Å². The molecular weight excluding hydrogens is 208 g/mol. The van der Waals surface area contributed by atoms with E-state index in [-0.39, 0.29) is 6.10 Å². The number of benzene rings is 1. The molecule has 2 atom stereocenters. The third-order valence-electron chi connectivity index (χ3n) is 3.21. The van der Waals surface area contributed by atoms with Crippen molar-refractivity contribution in [2.45, 2.75) is 59.5 Å². The average Bonchev–Trinajstić information content (AvgIpc) is 2.14. The molecule has 0 saturated carbocycles. The van der Waals surface area contributed by atoms with Gasteiger partial charge in [-0.25, -0.2) is 0 Å². The molecule has 1 N–H and O–H groups in total. The molecule has 0 heterocycles. The van der Waals surface area contributed by atoms with Gasteiger partial charge in [0.15, 0.2) is 0 Å². The van der Waals surface area contributed by atoms with E-state index in [0.717, 1.165) is 12.8 Å². The molecule has 2 unspecified atom stereocenters. The molecule has 0 aromatic heterocycles. The van der Waals surface area contributed by atoms with Crippen LogP contribution in [0.3, 0.4) is 0 Å². The Labute approximate surface area is 106 Å². The van der Waals surface area contributed by atoms with E-state index in [1.807, 2.05) is 0 Å². The van der Waals surface area contributed by atoms with Crippen molar-refractivity contribution < 1.29 is 5.11 Å². The average molecular weight is 234 g/mol. The molecule has 0 bridgehead atoms. The maximum absolute atomic E-state index is 10.1. The Bertz CT molecular complexity index is 323. The van der Waals surface area contributed by atoms with Crippen molar-refractivity contribution in [2.24, 2.45) is 5.92 Å². The van der Waals surface area contributed by atoms with E-state index in [1.54, 1.807) is 0 Å². The lowest BCUT2D eigenvalue weighted by molar-refractivity contribution is 0.143. The summed E-state index contributed by atoms with van der Waals surface area (Å²) in [6.45, 7) is 8.66. The van der Waals surface area contributed by atoms with Crippen LogP contribution in [0.25, 0.3) is 0 Å². The zero-order valence-corrected chi connectivity index (χ0v) is 11.7. The molecule has 0 saturated heterocycles. The second-order valence-electron chi connectivity index (χ2n) is 5.48. The van der Waals surface area contributed by atoms with Crippen molar-refractivity contribution in [2.75, 3.05) is 0 Å². The summed E-state index contributed by atoms with van der Waals surface area (Å²) in [5.41, 5.74) is 3.83. The third-order valence-corrected chi connectivity index (χ3v) is 3.21. The van der Waals surface area contributed by atoms with Crippen LogP contribution in [0.5, 0.6) is 0 Å². The Morgan fingerprint density at radius 1 is 1.12 bits per heavy atom. The van der Waals surface area contributed by atoms with Crippen LogP contribution in [0.4, 0.5) is 0 Å². The van der Waals surface area contributed by atoms with E-state index in [0.29, 0.717) is 5.92 Å². The summed E-state index contributed by atoms with van der Waals surface area (Å²) < 4.78 is 0. The summed E-state index contributed by atoms with van der Waals surface area (Å²) in [5, 5.41) is 10.1. The van der Waals surface area contributed by atoms with Gasteiger partial charge in [-0.3, -0.25) is 0 Å². The van der Waals surface area contributed by atoms with Crippen LogP contribution in [0, 0.1) is 19.8 Å². The van der Waals surface area contributed by atoms with Crippen LogP contribution in [0.2, 0.25) is 0 Å². The Morgan fingerprint density at radius 2 is 1.71 bits per heavy atom. The Balaban J connectivity index is 2.52. The molecule has 0 spiro atoms. The van der Waals surface area contributed by atoms with Crippen LogP contribution in [-0.2, 0) is 6.42 Å². The lowest BCUT2D eigenvalue weighted by Crippen LogP contribution is -2.14. The first kappa shape index (κ1) is 14.2. The minimum Gasteiger partial charge on any atom is -0.393 e. The predicted octanol–water partition coefficient (Wildman–Crippen LogP) is 4.03.